The standard InChI is InChI=1S/C22H30N4O2/c1-2-23-22(24-13-16-26-20(27)9-6-10-21(26)28)25-14-11-19(12-15-25)17-18-7-4-3-5-8-18/h3-5,7-8,17H,2,6,9-16H2,1H3,(H,23,24). The molecule has 0 aliphatic carbocycles. The van der Waals surface area contributed by atoms with E-state index in [0.717, 1.165) is 38.4 Å². The quantitative estimate of drug-likeness (QED) is 0.483. The topological polar surface area (TPSA) is 65.0 Å². The van der Waals surface area contributed by atoms with E-state index in [1.54, 1.807) is 0 Å². The summed E-state index contributed by atoms with van der Waals surface area (Å²) in [5.74, 6) is 0.744. The van der Waals surface area contributed by atoms with Gasteiger partial charge in [-0.1, -0.05) is 42.0 Å². The zero-order chi connectivity index (χ0) is 19.8. The van der Waals surface area contributed by atoms with E-state index in [-0.39, 0.29) is 11.8 Å². The van der Waals surface area contributed by atoms with Crippen molar-refractivity contribution in [1.29, 1.82) is 0 Å². The van der Waals surface area contributed by atoms with Crippen molar-refractivity contribution in [2.75, 3.05) is 32.7 Å². The van der Waals surface area contributed by atoms with Gasteiger partial charge in [-0.15, -0.1) is 0 Å². The summed E-state index contributed by atoms with van der Waals surface area (Å²) in [6.07, 6.45) is 5.93. The minimum absolute atomic E-state index is 0.0647. The van der Waals surface area contributed by atoms with E-state index in [1.165, 1.54) is 16.0 Å². The van der Waals surface area contributed by atoms with E-state index in [9.17, 15) is 9.59 Å². The van der Waals surface area contributed by atoms with Crippen LogP contribution >= 0.6 is 0 Å². The Morgan fingerprint density at radius 3 is 2.39 bits per heavy atom. The van der Waals surface area contributed by atoms with Gasteiger partial charge in [0.25, 0.3) is 0 Å². The Balaban J connectivity index is 1.55. The molecule has 2 saturated heterocycles. The Labute approximate surface area is 167 Å². The van der Waals surface area contributed by atoms with E-state index in [4.69, 9.17) is 0 Å². The number of hydrogen-bond acceptors (Lipinski definition) is 3. The number of benzene rings is 1. The zero-order valence-corrected chi connectivity index (χ0v) is 16.7. The molecule has 150 valence electrons. The number of nitrogens with zero attached hydrogens (tertiary/aromatic N) is 3. The van der Waals surface area contributed by atoms with Crippen LogP contribution in [0.2, 0.25) is 0 Å². The highest BCUT2D eigenvalue weighted by molar-refractivity contribution is 5.97. The number of aliphatic imine (C=N–C) groups is 1. The van der Waals surface area contributed by atoms with Gasteiger partial charge in [0, 0.05) is 39.0 Å². The third kappa shape index (κ3) is 5.44. The number of carbonyl (C=O) groups excluding carboxylic acids is 2. The molecule has 0 atom stereocenters. The Kier molecular flexibility index (Phi) is 7.23. The van der Waals surface area contributed by atoms with Gasteiger partial charge in [0.2, 0.25) is 11.8 Å². The number of imide groups is 1. The molecule has 6 nitrogen and oxygen atoms in total. The number of guanidine groups is 1. The molecule has 0 aromatic heterocycles. The van der Waals surface area contributed by atoms with Gasteiger partial charge in [-0.3, -0.25) is 19.5 Å². The lowest BCUT2D eigenvalue weighted by Gasteiger charge is -2.32. The van der Waals surface area contributed by atoms with Crippen molar-refractivity contribution in [3.05, 3.63) is 41.5 Å². The molecule has 2 aliphatic rings. The molecule has 0 unspecified atom stereocenters. The van der Waals surface area contributed by atoms with Crippen LogP contribution < -0.4 is 5.32 Å². The summed E-state index contributed by atoms with van der Waals surface area (Å²) < 4.78 is 0. The summed E-state index contributed by atoms with van der Waals surface area (Å²) in [6.45, 7) is 5.52. The van der Waals surface area contributed by atoms with Crippen LogP contribution in [0.3, 0.4) is 0 Å². The predicted octanol–water partition coefficient (Wildman–Crippen LogP) is 2.67. The molecule has 3 rings (SSSR count). The molecule has 28 heavy (non-hydrogen) atoms. The Morgan fingerprint density at radius 2 is 1.75 bits per heavy atom. The molecule has 1 N–H and O–H groups in total. The van der Waals surface area contributed by atoms with E-state index >= 15 is 0 Å². The van der Waals surface area contributed by atoms with Gasteiger partial charge in [0.1, 0.15) is 0 Å². The molecule has 6 heteroatoms. The monoisotopic (exact) mass is 382 g/mol. The maximum atomic E-state index is 11.9. The second kappa shape index (κ2) is 10.1. The van der Waals surface area contributed by atoms with Crippen LogP contribution in [-0.2, 0) is 9.59 Å². The summed E-state index contributed by atoms with van der Waals surface area (Å²) >= 11 is 0. The number of hydrogen-bond donors (Lipinski definition) is 1. The van der Waals surface area contributed by atoms with Gasteiger partial charge < -0.3 is 10.2 Å². The summed E-state index contributed by atoms with van der Waals surface area (Å²) in [5, 5.41) is 3.35. The zero-order valence-electron chi connectivity index (χ0n) is 16.7. The second-order valence-electron chi connectivity index (χ2n) is 7.23. The fraction of sp³-hybridized carbons (Fsp3) is 0.500. The van der Waals surface area contributed by atoms with Gasteiger partial charge in [0.05, 0.1) is 6.54 Å². The average Bonchev–Trinajstić information content (AvgIpc) is 2.71. The van der Waals surface area contributed by atoms with E-state index < -0.39 is 0 Å². The van der Waals surface area contributed by atoms with E-state index in [2.05, 4.69) is 52.5 Å². The molecule has 2 heterocycles. The molecule has 0 saturated carbocycles. The SMILES string of the molecule is CCNC(=NCCN1C(=O)CCCC1=O)N1CCC(=Cc2ccccc2)CC1. The van der Waals surface area contributed by atoms with Gasteiger partial charge in [-0.05, 0) is 31.7 Å². The lowest BCUT2D eigenvalue weighted by molar-refractivity contribution is -0.147. The minimum Gasteiger partial charge on any atom is -0.357 e. The molecular formula is C22H30N4O2. The Morgan fingerprint density at radius 1 is 1.07 bits per heavy atom. The number of piperidine rings is 2. The molecule has 2 amide bonds. The maximum absolute atomic E-state index is 11.9. The molecular weight excluding hydrogens is 352 g/mol. The highest BCUT2D eigenvalue weighted by Crippen LogP contribution is 2.19. The molecule has 1 aromatic rings. The first-order valence-corrected chi connectivity index (χ1v) is 10.3. The van der Waals surface area contributed by atoms with Gasteiger partial charge in [-0.2, -0.15) is 0 Å². The highest BCUT2D eigenvalue weighted by atomic mass is 16.2. The van der Waals surface area contributed by atoms with Crippen LogP contribution in [0.4, 0.5) is 0 Å². The molecule has 2 aliphatic heterocycles. The van der Waals surface area contributed by atoms with Crippen molar-refractivity contribution in [3.63, 3.8) is 0 Å². The van der Waals surface area contributed by atoms with Crippen LogP contribution in [0.15, 0.2) is 40.9 Å². The number of likely N-dealkylation sites (tertiary alicyclic amines) is 2. The fourth-order valence-electron chi connectivity index (χ4n) is 3.67. The molecule has 0 bridgehead atoms. The summed E-state index contributed by atoms with van der Waals surface area (Å²) in [5.41, 5.74) is 2.71. The van der Waals surface area contributed by atoms with Gasteiger partial charge >= 0.3 is 0 Å². The third-order valence-electron chi connectivity index (χ3n) is 5.18. The van der Waals surface area contributed by atoms with Crippen molar-refractivity contribution in [3.8, 4) is 0 Å². The smallest absolute Gasteiger partial charge is 0.229 e. The summed E-state index contributed by atoms with van der Waals surface area (Å²) in [6, 6.07) is 10.4. The lowest BCUT2D eigenvalue weighted by Crippen LogP contribution is -2.45. The number of carbonyl (C=O) groups is 2. The van der Waals surface area contributed by atoms with Crippen LogP contribution in [0.1, 0.15) is 44.6 Å². The number of rotatable bonds is 5. The molecule has 2 fully saturated rings. The average molecular weight is 383 g/mol. The van der Waals surface area contributed by atoms with Crippen LogP contribution in [0.25, 0.3) is 6.08 Å². The molecule has 0 radical (unpaired) electrons. The number of nitrogens with one attached hydrogen (secondary N) is 1. The van der Waals surface area contributed by atoms with E-state index in [1.807, 2.05) is 6.07 Å². The second-order valence-corrected chi connectivity index (χ2v) is 7.23. The minimum atomic E-state index is -0.0647. The highest BCUT2D eigenvalue weighted by Gasteiger charge is 2.25. The van der Waals surface area contributed by atoms with Crippen LogP contribution in [-0.4, -0.2) is 60.3 Å². The summed E-state index contributed by atoms with van der Waals surface area (Å²) in [4.78, 5) is 32.1. The fourth-order valence-corrected chi connectivity index (χ4v) is 3.67. The largest absolute Gasteiger partial charge is 0.357 e. The first-order chi connectivity index (χ1) is 13.7. The van der Waals surface area contributed by atoms with Gasteiger partial charge in [-0.25, -0.2) is 0 Å². The third-order valence-corrected chi connectivity index (χ3v) is 5.18. The first kappa shape index (κ1) is 20.1. The lowest BCUT2D eigenvalue weighted by atomic mass is 10.0. The number of amides is 2. The van der Waals surface area contributed by atoms with Crippen molar-refractivity contribution in [2.24, 2.45) is 4.99 Å². The maximum Gasteiger partial charge on any atom is 0.229 e. The Bertz CT molecular complexity index is 716. The predicted molar refractivity (Wildman–Crippen MR) is 112 cm³/mol. The molecule has 1 aromatic carbocycles. The van der Waals surface area contributed by atoms with Crippen molar-refractivity contribution < 1.29 is 9.59 Å². The Hall–Kier alpha value is -2.63. The van der Waals surface area contributed by atoms with Crippen molar-refractivity contribution in [1.82, 2.24) is 15.1 Å². The summed E-state index contributed by atoms with van der Waals surface area (Å²) in [7, 11) is 0. The van der Waals surface area contributed by atoms with Gasteiger partial charge in [0.15, 0.2) is 5.96 Å². The van der Waals surface area contributed by atoms with Crippen molar-refractivity contribution in [2.45, 2.75) is 39.0 Å². The van der Waals surface area contributed by atoms with Crippen molar-refractivity contribution >= 4 is 23.8 Å². The molecule has 0 spiro atoms. The van der Waals surface area contributed by atoms with E-state index in [0.29, 0.717) is 32.4 Å². The first-order valence-electron chi connectivity index (χ1n) is 10.3. The normalized spacial score (nSPS) is 18.5. The van der Waals surface area contributed by atoms with Crippen LogP contribution in [0.5, 0.6) is 0 Å². The van der Waals surface area contributed by atoms with Crippen LogP contribution in [0, 0.1) is 0 Å².